The van der Waals surface area contributed by atoms with E-state index in [0.29, 0.717) is 25.3 Å². The van der Waals surface area contributed by atoms with E-state index in [4.69, 9.17) is 0 Å². The second kappa shape index (κ2) is 6.74. The molecule has 0 aromatic heterocycles. The molecule has 1 amide bonds. The average Bonchev–Trinajstić information content (AvgIpc) is 2.47. The molecule has 2 atom stereocenters. The number of benzene rings is 1. The van der Waals surface area contributed by atoms with Gasteiger partial charge in [0.1, 0.15) is 6.04 Å². The smallest absolute Gasteiger partial charge is 0.326 e. The summed E-state index contributed by atoms with van der Waals surface area (Å²) in [6.45, 7) is 4.65. The van der Waals surface area contributed by atoms with Crippen molar-refractivity contribution in [2.24, 2.45) is 5.92 Å². The Kier molecular flexibility index (Phi) is 4.99. The molecule has 1 heterocycles. The van der Waals surface area contributed by atoms with E-state index >= 15 is 0 Å². The van der Waals surface area contributed by atoms with Crippen LogP contribution in [0.1, 0.15) is 37.8 Å². The number of rotatable bonds is 4. The van der Waals surface area contributed by atoms with Crippen LogP contribution < -0.4 is 0 Å². The Balaban J connectivity index is 2.13. The van der Waals surface area contributed by atoms with Crippen LogP contribution in [0.15, 0.2) is 24.3 Å². The van der Waals surface area contributed by atoms with Gasteiger partial charge in [-0.05, 0) is 36.3 Å². The summed E-state index contributed by atoms with van der Waals surface area (Å²) in [6, 6.07) is 7.20. The van der Waals surface area contributed by atoms with Crippen molar-refractivity contribution < 1.29 is 14.7 Å². The van der Waals surface area contributed by atoms with Crippen LogP contribution in [0.2, 0.25) is 0 Å². The number of piperidine rings is 1. The van der Waals surface area contributed by atoms with Crippen molar-refractivity contribution in [3.8, 4) is 0 Å². The fourth-order valence-corrected chi connectivity index (χ4v) is 3.01. The summed E-state index contributed by atoms with van der Waals surface area (Å²) in [4.78, 5) is 25.5. The number of carbonyl (C=O) groups is 2. The van der Waals surface area contributed by atoms with E-state index in [1.807, 2.05) is 31.2 Å². The van der Waals surface area contributed by atoms with Gasteiger partial charge in [0.2, 0.25) is 5.91 Å². The molecule has 1 aliphatic heterocycles. The number of hydrogen-bond donors (Lipinski definition) is 1. The molecular formula is C17H23NO3. The Morgan fingerprint density at radius 1 is 1.29 bits per heavy atom. The Morgan fingerprint density at radius 3 is 2.57 bits per heavy atom. The highest BCUT2D eigenvalue weighted by atomic mass is 16.4. The number of aryl methyl sites for hydroxylation is 1. The first-order valence-corrected chi connectivity index (χ1v) is 7.62. The van der Waals surface area contributed by atoms with Gasteiger partial charge in [0.05, 0.1) is 6.42 Å². The fourth-order valence-electron chi connectivity index (χ4n) is 3.01. The predicted octanol–water partition coefficient (Wildman–Crippen LogP) is 2.50. The number of aliphatic carboxylic acids is 1. The minimum absolute atomic E-state index is 0.0739. The van der Waals surface area contributed by atoms with Gasteiger partial charge < -0.3 is 10.0 Å². The second-order valence-corrected chi connectivity index (χ2v) is 5.87. The van der Waals surface area contributed by atoms with Crippen LogP contribution in [-0.2, 0) is 22.4 Å². The molecule has 1 fully saturated rings. The molecule has 0 bridgehead atoms. The molecule has 0 saturated carbocycles. The standard InChI is InChI=1S/C17H23NO3/c1-3-13-6-4-5-7-14(13)11-16(19)18-9-8-12(2)10-15(18)17(20)21/h4-7,12,15H,3,8-11H2,1-2H3,(H,20,21). The first kappa shape index (κ1) is 15.5. The molecule has 1 aliphatic rings. The number of likely N-dealkylation sites (tertiary alicyclic amines) is 1. The monoisotopic (exact) mass is 289 g/mol. The van der Waals surface area contributed by atoms with Crippen molar-refractivity contribution in [3.63, 3.8) is 0 Å². The molecule has 2 rings (SSSR count). The summed E-state index contributed by atoms with van der Waals surface area (Å²) in [6.07, 6.45) is 2.60. The van der Waals surface area contributed by atoms with Crippen LogP contribution in [0, 0.1) is 5.92 Å². The van der Waals surface area contributed by atoms with Crippen LogP contribution in [-0.4, -0.2) is 34.5 Å². The first-order chi connectivity index (χ1) is 10.0. The second-order valence-electron chi connectivity index (χ2n) is 5.87. The molecule has 1 saturated heterocycles. The summed E-state index contributed by atoms with van der Waals surface area (Å²) in [5.41, 5.74) is 2.16. The van der Waals surface area contributed by atoms with Gasteiger partial charge in [0.25, 0.3) is 0 Å². The molecule has 21 heavy (non-hydrogen) atoms. The van der Waals surface area contributed by atoms with E-state index < -0.39 is 12.0 Å². The summed E-state index contributed by atoms with van der Waals surface area (Å²) < 4.78 is 0. The van der Waals surface area contributed by atoms with Gasteiger partial charge in [0.15, 0.2) is 0 Å². The van der Waals surface area contributed by atoms with Gasteiger partial charge in [-0.2, -0.15) is 0 Å². The zero-order chi connectivity index (χ0) is 15.4. The number of nitrogens with zero attached hydrogens (tertiary/aromatic N) is 1. The molecule has 2 unspecified atom stereocenters. The molecule has 4 heteroatoms. The summed E-state index contributed by atoms with van der Waals surface area (Å²) in [5.74, 6) is -0.605. The number of amides is 1. The average molecular weight is 289 g/mol. The lowest BCUT2D eigenvalue weighted by Gasteiger charge is -2.36. The number of carboxylic acid groups (broad SMARTS) is 1. The van der Waals surface area contributed by atoms with Crippen LogP contribution >= 0.6 is 0 Å². The van der Waals surface area contributed by atoms with E-state index in [1.165, 1.54) is 0 Å². The fraction of sp³-hybridized carbons (Fsp3) is 0.529. The van der Waals surface area contributed by atoms with E-state index in [2.05, 4.69) is 6.92 Å². The largest absolute Gasteiger partial charge is 0.480 e. The molecule has 1 aromatic carbocycles. The normalized spacial score (nSPS) is 22.1. The molecule has 0 radical (unpaired) electrons. The minimum Gasteiger partial charge on any atom is -0.480 e. The SMILES string of the molecule is CCc1ccccc1CC(=O)N1CCC(C)CC1C(=O)O. The molecule has 114 valence electrons. The number of carboxylic acids is 1. The Hall–Kier alpha value is -1.84. The van der Waals surface area contributed by atoms with E-state index in [9.17, 15) is 14.7 Å². The molecular weight excluding hydrogens is 266 g/mol. The van der Waals surface area contributed by atoms with Crippen molar-refractivity contribution in [2.75, 3.05) is 6.54 Å². The van der Waals surface area contributed by atoms with Gasteiger partial charge in [-0.25, -0.2) is 4.79 Å². The van der Waals surface area contributed by atoms with E-state index in [1.54, 1.807) is 4.90 Å². The number of hydrogen-bond acceptors (Lipinski definition) is 2. The lowest BCUT2D eigenvalue weighted by molar-refractivity contribution is -0.152. The zero-order valence-electron chi connectivity index (χ0n) is 12.7. The minimum atomic E-state index is -0.890. The third-order valence-electron chi connectivity index (χ3n) is 4.31. The van der Waals surface area contributed by atoms with Gasteiger partial charge in [0, 0.05) is 6.54 Å². The quantitative estimate of drug-likeness (QED) is 0.926. The maximum atomic E-state index is 12.5. The lowest BCUT2D eigenvalue weighted by atomic mass is 9.91. The highest BCUT2D eigenvalue weighted by Crippen LogP contribution is 2.24. The van der Waals surface area contributed by atoms with Crippen molar-refractivity contribution in [1.82, 2.24) is 4.90 Å². The Bertz CT molecular complexity index is 527. The highest BCUT2D eigenvalue weighted by molar-refractivity contribution is 5.85. The number of carbonyl (C=O) groups excluding carboxylic acids is 1. The van der Waals surface area contributed by atoms with Crippen molar-refractivity contribution >= 4 is 11.9 Å². The third-order valence-corrected chi connectivity index (χ3v) is 4.31. The Labute approximate surface area is 125 Å². The lowest BCUT2D eigenvalue weighted by Crippen LogP contribution is -2.50. The predicted molar refractivity (Wildman–Crippen MR) is 81.1 cm³/mol. The van der Waals surface area contributed by atoms with Gasteiger partial charge in [-0.3, -0.25) is 4.79 Å². The summed E-state index contributed by atoms with van der Waals surface area (Å²) in [5, 5.41) is 9.35. The molecule has 0 aliphatic carbocycles. The molecule has 1 N–H and O–H groups in total. The van der Waals surface area contributed by atoms with Crippen molar-refractivity contribution in [2.45, 2.75) is 45.6 Å². The summed E-state index contributed by atoms with van der Waals surface area (Å²) >= 11 is 0. The molecule has 0 spiro atoms. The molecule has 1 aromatic rings. The first-order valence-electron chi connectivity index (χ1n) is 7.62. The molecule has 4 nitrogen and oxygen atoms in total. The van der Waals surface area contributed by atoms with Crippen LogP contribution in [0.3, 0.4) is 0 Å². The zero-order valence-corrected chi connectivity index (χ0v) is 12.7. The van der Waals surface area contributed by atoms with Gasteiger partial charge in [-0.1, -0.05) is 38.1 Å². The van der Waals surface area contributed by atoms with E-state index in [-0.39, 0.29) is 5.91 Å². The van der Waals surface area contributed by atoms with Crippen LogP contribution in [0.4, 0.5) is 0 Å². The highest BCUT2D eigenvalue weighted by Gasteiger charge is 2.34. The van der Waals surface area contributed by atoms with Gasteiger partial charge >= 0.3 is 5.97 Å². The van der Waals surface area contributed by atoms with Crippen LogP contribution in [0.5, 0.6) is 0 Å². The maximum absolute atomic E-state index is 12.5. The van der Waals surface area contributed by atoms with Crippen LogP contribution in [0.25, 0.3) is 0 Å². The maximum Gasteiger partial charge on any atom is 0.326 e. The van der Waals surface area contributed by atoms with E-state index in [0.717, 1.165) is 24.0 Å². The van der Waals surface area contributed by atoms with Gasteiger partial charge in [-0.15, -0.1) is 0 Å². The van der Waals surface area contributed by atoms with Crippen molar-refractivity contribution in [3.05, 3.63) is 35.4 Å². The topological polar surface area (TPSA) is 57.6 Å². The summed E-state index contributed by atoms with van der Waals surface area (Å²) in [7, 11) is 0. The van der Waals surface area contributed by atoms with Crippen molar-refractivity contribution in [1.29, 1.82) is 0 Å². The Morgan fingerprint density at radius 2 is 1.95 bits per heavy atom. The third kappa shape index (κ3) is 3.63.